The molecule has 8 heterocycles. The third-order valence-corrected chi connectivity index (χ3v) is 32.2. The van der Waals surface area contributed by atoms with E-state index in [1.54, 1.807) is 0 Å². The molecule has 0 aliphatic rings. The smallest absolute Gasteiger partial charge is 0.135 e. The molecule has 0 amide bonds. The largest absolute Gasteiger partial charge is 0.456 e. The van der Waals surface area contributed by atoms with Gasteiger partial charge in [-0.2, -0.15) is 0 Å². The van der Waals surface area contributed by atoms with E-state index in [1.165, 1.54) is 172 Å². The van der Waals surface area contributed by atoms with Gasteiger partial charge in [-0.15, -0.1) is 22.7 Å². The maximum absolute atomic E-state index is 6.53. The quantitative estimate of drug-likeness (QED) is 0.145. The van der Waals surface area contributed by atoms with Gasteiger partial charge >= 0.3 is 0 Å². The average Bonchev–Trinajstić information content (AvgIpc) is 1.59. The standard InChI is InChI=1S/C36H22ClNO.C34H20ClNO.C34H20ClNS.C30H18ClNS/c37-27-14-17-29-31-20-25(26-13-19-36-32(21-26)30-8-4-5-9-35(30)39-36)12-18-33(31)38(34(29)22-27)28-15-10-24(11-16-28)23-6-2-1-3-7-23;35-25-12-14-27-29-18-23(24-11-16-34-30(19-24)28-7-3-4-8-33(28)37-34)10-15-31(29)36(32(27)20-25)26-13-9-21-5-1-2-6-22(21)17-26;35-24-14-15-26-28-18-22(23-13-17-34-29(19-23)27-9-3-4-11-33(27)37-34)12-16-31(28)36(32(26)20-24)30-10-5-7-21-6-1-2-8-25(21)30;31-21-12-13-23-25-16-19(10-14-27(25)32(28(23)18-21)22-6-2-1-3-7-22)20-11-15-30-26(17-20)24-8-4-5-9-29(24)33-30/h1-22H;2*1-20H;1-18H. The fourth-order valence-electron chi connectivity index (χ4n) is 22.1. The molecule has 12 heteroatoms. The van der Waals surface area contributed by atoms with Crippen molar-refractivity contribution < 1.29 is 8.83 Å². The highest BCUT2D eigenvalue weighted by molar-refractivity contribution is 7.26. The molecule has 31 aromatic rings. The maximum Gasteiger partial charge on any atom is 0.135 e. The summed E-state index contributed by atoms with van der Waals surface area (Å²) in [4.78, 5) is 0. The average molecular weight is 1980 g/mol. The summed E-state index contributed by atoms with van der Waals surface area (Å²) in [6.45, 7) is 0. The van der Waals surface area contributed by atoms with Gasteiger partial charge in [-0.3, -0.25) is 0 Å². The van der Waals surface area contributed by atoms with Crippen molar-refractivity contribution in [2.75, 3.05) is 0 Å². The van der Waals surface area contributed by atoms with E-state index in [-0.39, 0.29) is 0 Å². The van der Waals surface area contributed by atoms with Gasteiger partial charge < -0.3 is 27.1 Å². The lowest BCUT2D eigenvalue weighted by atomic mass is 10.0. The van der Waals surface area contributed by atoms with Crippen LogP contribution in [0.25, 0.3) is 271 Å². The summed E-state index contributed by atoms with van der Waals surface area (Å²) < 4.78 is 26.7. The molecule has 0 aliphatic heterocycles. The minimum Gasteiger partial charge on any atom is -0.456 e. The van der Waals surface area contributed by atoms with Crippen molar-refractivity contribution in [2.45, 2.75) is 0 Å². The predicted molar refractivity (Wildman–Crippen MR) is 626 cm³/mol. The number of benzene rings is 23. The Labute approximate surface area is 865 Å². The van der Waals surface area contributed by atoms with Crippen LogP contribution in [-0.2, 0) is 0 Å². The van der Waals surface area contributed by atoms with Crippen LogP contribution in [0.1, 0.15) is 0 Å². The first-order chi connectivity index (χ1) is 72.0. The van der Waals surface area contributed by atoms with Crippen molar-refractivity contribution in [3.63, 3.8) is 0 Å². The Hall–Kier alpha value is -17.0. The second kappa shape index (κ2) is 35.5. The molecule has 0 bridgehead atoms. The van der Waals surface area contributed by atoms with Gasteiger partial charge in [-0.05, 0) is 284 Å². The minimum absolute atomic E-state index is 0.727. The van der Waals surface area contributed by atoms with Crippen molar-refractivity contribution in [3.8, 4) is 78.4 Å². The lowest BCUT2D eigenvalue weighted by Gasteiger charge is -2.12. The normalized spacial score (nSPS) is 11.8. The van der Waals surface area contributed by atoms with Crippen LogP contribution >= 0.6 is 69.1 Å². The summed E-state index contributed by atoms with van der Waals surface area (Å²) in [6, 6.07) is 172. The van der Waals surface area contributed by atoms with Crippen LogP contribution in [0.3, 0.4) is 0 Å². The molecule has 0 saturated carbocycles. The summed E-state index contributed by atoms with van der Waals surface area (Å²) in [6.07, 6.45) is 0. The maximum atomic E-state index is 6.53. The number of hydrogen-bond acceptors (Lipinski definition) is 4. The van der Waals surface area contributed by atoms with E-state index in [9.17, 15) is 0 Å². The number of hydrogen-bond donors (Lipinski definition) is 0. The Morgan fingerprint density at radius 2 is 0.459 bits per heavy atom. The van der Waals surface area contributed by atoms with Crippen LogP contribution in [-0.4, -0.2) is 18.3 Å². The molecule has 0 atom stereocenters. The third-order valence-electron chi connectivity index (χ3n) is 29.0. The van der Waals surface area contributed by atoms with Gasteiger partial charge in [-0.25, -0.2) is 0 Å². The Kier molecular flexibility index (Phi) is 21.1. The molecule has 23 aromatic carbocycles. The van der Waals surface area contributed by atoms with Crippen molar-refractivity contribution in [3.05, 3.63) is 505 Å². The fraction of sp³-hybridized carbons (Fsp3) is 0. The van der Waals surface area contributed by atoms with Crippen LogP contribution < -0.4 is 0 Å². The molecule has 6 nitrogen and oxygen atoms in total. The monoisotopic (exact) mass is 1980 g/mol. The van der Waals surface area contributed by atoms with Crippen molar-refractivity contribution in [1.82, 2.24) is 18.3 Å². The van der Waals surface area contributed by atoms with Crippen LogP contribution in [0.15, 0.2) is 494 Å². The molecule has 146 heavy (non-hydrogen) atoms. The summed E-state index contributed by atoms with van der Waals surface area (Å²) in [5, 5.41) is 27.3. The van der Waals surface area contributed by atoms with Gasteiger partial charge in [0.15, 0.2) is 0 Å². The fourth-order valence-corrected chi connectivity index (χ4v) is 25.0. The van der Waals surface area contributed by atoms with Crippen molar-refractivity contribution >= 4 is 262 Å². The topological polar surface area (TPSA) is 46.0 Å². The second-order valence-corrected chi connectivity index (χ2v) is 41.3. The lowest BCUT2D eigenvalue weighted by Crippen LogP contribution is -1.95. The Morgan fingerprint density at radius 1 is 0.151 bits per heavy atom. The molecule has 8 aromatic heterocycles. The molecule has 0 saturated heterocycles. The van der Waals surface area contributed by atoms with E-state index in [1.807, 2.05) is 83.3 Å². The SMILES string of the molecule is Clc1ccc2c3cc(-c4ccc5oc6ccccc6c5c4)ccc3n(-c3ccc(-c4ccccc4)cc3)c2c1.Clc1ccc2c3cc(-c4ccc5oc6ccccc6c5c4)ccc3n(-c3ccc4ccccc4c3)c2c1.Clc1ccc2c3cc(-c4ccc5sc6ccccc6c5c4)ccc3n(-c3cccc4ccccc34)c2c1.Clc1ccc2c3cc(-c4ccc5sc6ccccc6c5c4)ccc3n(-c3ccccc3)c2c1. The van der Waals surface area contributed by atoms with E-state index in [0.717, 1.165) is 120 Å². The number of aromatic nitrogens is 4. The number of thiophene rings is 2. The van der Waals surface area contributed by atoms with Gasteiger partial charge in [-0.1, -0.05) is 319 Å². The van der Waals surface area contributed by atoms with E-state index in [2.05, 4.69) is 443 Å². The van der Waals surface area contributed by atoms with Crippen LogP contribution in [0, 0.1) is 0 Å². The number of nitrogens with zero attached hydrogens (tertiary/aromatic N) is 4. The zero-order valence-electron chi connectivity index (χ0n) is 78.1. The highest BCUT2D eigenvalue weighted by atomic mass is 35.5. The van der Waals surface area contributed by atoms with Crippen LogP contribution in [0.5, 0.6) is 0 Å². The highest BCUT2D eigenvalue weighted by Gasteiger charge is 2.24. The van der Waals surface area contributed by atoms with E-state index < -0.39 is 0 Å². The summed E-state index contributed by atoms with van der Waals surface area (Å²) >= 11 is 29.7. The molecule has 0 radical (unpaired) electrons. The third kappa shape index (κ3) is 15.0. The molecule has 0 fully saturated rings. The van der Waals surface area contributed by atoms with Crippen LogP contribution in [0.4, 0.5) is 0 Å². The number of furan rings is 2. The molecular weight excluding hydrogens is 1900 g/mol. The van der Waals surface area contributed by atoms with Crippen molar-refractivity contribution in [1.29, 1.82) is 0 Å². The summed E-state index contributed by atoms with van der Waals surface area (Å²) in [5.74, 6) is 0. The molecule has 31 rings (SSSR count). The van der Waals surface area contributed by atoms with Crippen LogP contribution in [0.2, 0.25) is 20.1 Å². The molecule has 0 N–H and O–H groups in total. The Bertz CT molecular complexity index is 10700. The van der Waals surface area contributed by atoms with Gasteiger partial charge in [0.2, 0.25) is 0 Å². The molecule has 688 valence electrons. The number of fused-ring (bicyclic) bond motifs is 26. The number of halogens is 4. The Balaban J connectivity index is 0.0000000944. The Morgan fingerprint density at radius 3 is 0.925 bits per heavy atom. The molecule has 0 aliphatic carbocycles. The first kappa shape index (κ1) is 86.8. The zero-order valence-corrected chi connectivity index (χ0v) is 82.8. The lowest BCUT2D eigenvalue weighted by molar-refractivity contribution is 0.668. The highest BCUT2D eigenvalue weighted by Crippen LogP contribution is 2.48. The van der Waals surface area contributed by atoms with Crippen molar-refractivity contribution in [2.24, 2.45) is 0 Å². The zero-order chi connectivity index (χ0) is 96.9. The molecule has 0 unspecified atom stereocenters. The van der Waals surface area contributed by atoms with Gasteiger partial charge in [0, 0.05) is 148 Å². The van der Waals surface area contributed by atoms with E-state index in [4.69, 9.17) is 55.2 Å². The van der Waals surface area contributed by atoms with E-state index in [0.29, 0.717) is 0 Å². The van der Waals surface area contributed by atoms with Gasteiger partial charge in [0.25, 0.3) is 0 Å². The predicted octanol–water partition coefficient (Wildman–Crippen LogP) is 40.9. The number of para-hydroxylation sites is 3. The summed E-state index contributed by atoms with van der Waals surface area (Å²) in [5.41, 5.74) is 29.3. The second-order valence-electron chi connectivity index (χ2n) is 37.4. The van der Waals surface area contributed by atoms with Gasteiger partial charge in [0.1, 0.15) is 22.3 Å². The first-order valence-corrected chi connectivity index (χ1v) is 51.9. The minimum atomic E-state index is 0.727. The number of rotatable bonds is 9. The molecule has 0 spiro atoms. The van der Waals surface area contributed by atoms with Gasteiger partial charge in [0.05, 0.1) is 49.8 Å². The van der Waals surface area contributed by atoms with E-state index >= 15 is 0 Å². The first-order valence-electron chi connectivity index (χ1n) is 48.8. The summed E-state index contributed by atoms with van der Waals surface area (Å²) in [7, 11) is 0. The molecular formula is C134H80Cl4N4O2S2.